The average Bonchev–Trinajstić information content (AvgIpc) is 2.15. The molecule has 15 heavy (non-hydrogen) atoms. The summed E-state index contributed by atoms with van der Waals surface area (Å²) in [6.07, 6.45) is -4.34. The van der Waals surface area contributed by atoms with Crippen molar-refractivity contribution in [3.8, 4) is 5.75 Å². The maximum absolute atomic E-state index is 12.3. The third-order valence-corrected chi connectivity index (χ3v) is 2.57. The van der Waals surface area contributed by atoms with Crippen molar-refractivity contribution in [1.82, 2.24) is 0 Å². The molecule has 0 atom stereocenters. The lowest BCUT2D eigenvalue weighted by Gasteiger charge is -2.11. The second-order valence-corrected chi connectivity index (χ2v) is 4.33. The van der Waals surface area contributed by atoms with Gasteiger partial charge in [0.15, 0.2) is 0 Å². The van der Waals surface area contributed by atoms with Gasteiger partial charge in [0.05, 0.1) is 16.6 Å². The topological polar surface area (TPSA) is 9.23 Å². The van der Waals surface area contributed by atoms with Gasteiger partial charge in [0.2, 0.25) is 0 Å². The number of hydrogen-bond acceptors (Lipinski definition) is 1. The molecule has 0 spiro atoms. The first-order valence-corrected chi connectivity index (χ1v) is 5.92. The lowest BCUT2D eigenvalue weighted by molar-refractivity contribution is -0.137. The minimum Gasteiger partial charge on any atom is -0.492 e. The van der Waals surface area contributed by atoms with E-state index in [4.69, 9.17) is 4.74 Å². The summed E-state index contributed by atoms with van der Waals surface area (Å²) in [5, 5.41) is 0.565. The van der Waals surface area contributed by atoms with E-state index in [1.54, 1.807) is 0 Å². The van der Waals surface area contributed by atoms with Crippen LogP contribution < -0.4 is 4.74 Å². The van der Waals surface area contributed by atoms with Gasteiger partial charge in [-0.15, -0.1) is 0 Å². The highest BCUT2D eigenvalue weighted by molar-refractivity contribution is 9.10. The van der Waals surface area contributed by atoms with Gasteiger partial charge in [-0.2, -0.15) is 13.2 Å². The molecule has 6 heteroatoms. The standard InChI is InChI=1S/C9H7Br2F3O/c10-3-4-15-8-5-6(9(12,13)14)1-2-7(8)11/h1-2,5H,3-4H2. The van der Waals surface area contributed by atoms with Gasteiger partial charge in [-0.05, 0) is 34.1 Å². The smallest absolute Gasteiger partial charge is 0.416 e. The number of rotatable bonds is 3. The highest BCUT2D eigenvalue weighted by Crippen LogP contribution is 2.34. The Morgan fingerprint density at radius 3 is 2.47 bits per heavy atom. The largest absolute Gasteiger partial charge is 0.492 e. The van der Waals surface area contributed by atoms with Crippen LogP contribution in [-0.4, -0.2) is 11.9 Å². The van der Waals surface area contributed by atoms with E-state index < -0.39 is 11.7 Å². The minimum absolute atomic E-state index is 0.198. The van der Waals surface area contributed by atoms with E-state index in [-0.39, 0.29) is 5.75 Å². The fourth-order valence-electron chi connectivity index (χ4n) is 0.939. The van der Waals surface area contributed by atoms with Crippen molar-refractivity contribution in [3.05, 3.63) is 28.2 Å². The number of halogens is 5. The van der Waals surface area contributed by atoms with Crippen molar-refractivity contribution in [2.45, 2.75) is 6.18 Å². The lowest BCUT2D eigenvalue weighted by atomic mass is 10.2. The van der Waals surface area contributed by atoms with E-state index in [1.807, 2.05) is 0 Å². The molecule has 84 valence electrons. The maximum Gasteiger partial charge on any atom is 0.416 e. The molecule has 1 rings (SSSR count). The van der Waals surface area contributed by atoms with E-state index >= 15 is 0 Å². The molecule has 0 bridgehead atoms. The Bertz CT molecular complexity index is 339. The van der Waals surface area contributed by atoms with Crippen LogP contribution in [-0.2, 0) is 6.18 Å². The summed E-state index contributed by atoms with van der Waals surface area (Å²) in [6.45, 7) is 0.319. The van der Waals surface area contributed by atoms with Crippen molar-refractivity contribution in [1.29, 1.82) is 0 Å². The highest BCUT2D eigenvalue weighted by atomic mass is 79.9. The third-order valence-electron chi connectivity index (χ3n) is 1.59. The van der Waals surface area contributed by atoms with Crippen molar-refractivity contribution >= 4 is 31.9 Å². The first-order chi connectivity index (χ1) is 6.95. The van der Waals surface area contributed by atoms with Crippen molar-refractivity contribution in [2.75, 3.05) is 11.9 Å². The van der Waals surface area contributed by atoms with Crippen LogP contribution in [0.4, 0.5) is 13.2 Å². The van der Waals surface area contributed by atoms with Crippen LogP contribution in [0.2, 0.25) is 0 Å². The molecule has 0 heterocycles. The molecule has 0 radical (unpaired) electrons. The Hall–Kier alpha value is -0.230. The van der Waals surface area contributed by atoms with E-state index in [1.165, 1.54) is 6.07 Å². The van der Waals surface area contributed by atoms with Crippen LogP contribution in [0.3, 0.4) is 0 Å². The molecule has 1 aromatic rings. The first-order valence-electron chi connectivity index (χ1n) is 4.00. The van der Waals surface area contributed by atoms with Crippen LogP contribution in [0.15, 0.2) is 22.7 Å². The van der Waals surface area contributed by atoms with E-state index in [0.717, 1.165) is 12.1 Å². The Morgan fingerprint density at radius 1 is 1.27 bits per heavy atom. The monoisotopic (exact) mass is 346 g/mol. The molecule has 0 N–H and O–H groups in total. The Kier molecular flexibility index (Phi) is 4.45. The first kappa shape index (κ1) is 12.8. The van der Waals surface area contributed by atoms with Gasteiger partial charge < -0.3 is 4.74 Å². The summed E-state index contributed by atoms with van der Waals surface area (Å²) in [6, 6.07) is 3.31. The SMILES string of the molecule is FC(F)(F)c1ccc(Br)c(OCCBr)c1. The molecular weight excluding hydrogens is 341 g/mol. The summed E-state index contributed by atoms with van der Waals surface area (Å²) in [4.78, 5) is 0. The number of hydrogen-bond donors (Lipinski definition) is 0. The van der Waals surface area contributed by atoms with E-state index in [2.05, 4.69) is 31.9 Å². The summed E-state index contributed by atoms with van der Waals surface area (Å²) >= 11 is 6.25. The van der Waals surface area contributed by atoms with Gasteiger partial charge in [-0.3, -0.25) is 0 Å². The van der Waals surface area contributed by atoms with Gasteiger partial charge in [0.1, 0.15) is 5.75 Å². The lowest BCUT2D eigenvalue weighted by Crippen LogP contribution is -2.06. The summed E-state index contributed by atoms with van der Waals surface area (Å²) in [5.74, 6) is 0.198. The Balaban J connectivity index is 2.95. The maximum atomic E-state index is 12.3. The molecule has 0 aliphatic carbocycles. The quantitative estimate of drug-likeness (QED) is 0.743. The average molecular weight is 348 g/mol. The van der Waals surface area contributed by atoms with E-state index in [9.17, 15) is 13.2 Å². The molecule has 0 aromatic heterocycles. The fraction of sp³-hybridized carbons (Fsp3) is 0.333. The van der Waals surface area contributed by atoms with Gasteiger partial charge >= 0.3 is 6.18 Å². The molecule has 1 nitrogen and oxygen atoms in total. The fourth-order valence-corrected chi connectivity index (χ4v) is 1.46. The van der Waals surface area contributed by atoms with Crippen LogP contribution in [0.1, 0.15) is 5.56 Å². The molecule has 0 amide bonds. The Morgan fingerprint density at radius 2 is 1.93 bits per heavy atom. The predicted octanol–water partition coefficient (Wildman–Crippen LogP) is 4.24. The van der Waals surface area contributed by atoms with E-state index in [0.29, 0.717) is 16.4 Å². The van der Waals surface area contributed by atoms with Crippen molar-refractivity contribution in [2.24, 2.45) is 0 Å². The molecule has 1 aromatic carbocycles. The van der Waals surface area contributed by atoms with Crippen molar-refractivity contribution < 1.29 is 17.9 Å². The number of ether oxygens (including phenoxy) is 1. The molecule has 0 unspecified atom stereocenters. The third kappa shape index (κ3) is 3.68. The van der Waals surface area contributed by atoms with Crippen molar-refractivity contribution in [3.63, 3.8) is 0 Å². The second-order valence-electron chi connectivity index (χ2n) is 2.68. The zero-order chi connectivity index (χ0) is 11.5. The van der Waals surface area contributed by atoms with Gasteiger partial charge in [-0.1, -0.05) is 15.9 Å². The summed E-state index contributed by atoms with van der Waals surface area (Å²) < 4.78 is 42.7. The predicted molar refractivity (Wildman–Crippen MR) is 58.4 cm³/mol. The van der Waals surface area contributed by atoms with Crippen LogP contribution >= 0.6 is 31.9 Å². The minimum atomic E-state index is -4.34. The highest BCUT2D eigenvalue weighted by Gasteiger charge is 2.31. The number of benzene rings is 1. The van der Waals surface area contributed by atoms with Gasteiger partial charge in [0, 0.05) is 5.33 Å². The van der Waals surface area contributed by atoms with Gasteiger partial charge in [0.25, 0.3) is 0 Å². The zero-order valence-corrected chi connectivity index (χ0v) is 10.6. The van der Waals surface area contributed by atoms with Crippen LogP contribution in [0.25, 0.3) is 0 Å². The zero-order valence-electron chi connectivity index (χ0n) is 7.44. The Labute approximate surface area is 102 Å². The summed E-state index contributed by atoms with van der Waals surface area (Å²) in [5.41, 5.74) is -0.713. The van der Waals surface area contributed by atoms with Gasteiger partial charge in [-0.25, -0.2) is 0 Å². The summed E-state index contributed by atoms with van der Waals surface area (Å²) in [7, 11) is 0. The molecule has 0 aliphatic rings. The molecule has 0 fully saturated rings. The normalized spacial score (nSPS) is 11.5. The molecule has 0 saturated carbocycles. The molecular formula is C9H7Br2F3O. The van der Waals surface area contributed by atoms with Crippen LogP contribution in [0.5, 0.6) is 5.75 Å². The van der Waals surface area contributed by atoms with Crippen LogP contribution in [0, 0.1) is 0 Å². The molecule has 0 aliphatic heterocycles. The second kappa shape index (κ2) is 5.21. The molecule has 0 saturated heterocycles. The number of alkyl halides is 4.